The van der Waals surface area contributed by atoms with Gasteiger partial charge >= 0.3 is 11.4 Å². The summed E-state index contributed by atoms with van der Waals surface area (Å²) in [6, 6.07) is 33.1. The van der Waals surface area contributed by atoms with Crippen molar-refractivity contribution in [1.82, 2.24) is 13.9 Å². The Morgan fingerprint density at radius 1 is 0.529 bits per heavy atom. The fourth-order valence-corrected chi connectivity index (χ4v) is 10.5. The van der Waals surface area contributed by atoms with Gasteiger partial charge in [0.25, 0.3) is 0 Å². The number of aromatic nitrogens is 3. The highest BCUT2D eigenvalue weighted by molar-refractivity contribution is 5.79. The molecule has 0 N–H and O–H groups in total. The highest BCUT2D eigenvalue weighted by Crippen LogP contribution is 3.07. The lowest BCUT2D eigenvalue weighted by atomic mass is 9.52. The Hall–Kier alpha value is -3.60. The minimum absolute atomic E-state index is 0.0585. The first-order chi connectivity index (χ1) is 16.7. The maximum Gasteiger partial charge on any atom is 0.347 e. The van der Waals surface area contributed by atoms with Gasteiger partial charge in [0.15, 0.2) is 0 Å². The molecule has 0 saturated heterocycles. The molecule has 0 radical (unpaired) electrons. The summed E-state index contributed by atoms with van der Waals surface area (Å²) in [6.07, 6.45) is 0. The van der Waals surface area contributed by atoms with Crippen LogP contribution in [-0.2, 0) is 23.3 Å². The van der Waals surface area contributed by atoms with E-state index in [0.717, 1.165) is 0 Å². The van der Waals surface area contributed by atoms with Crippen molar-refractivity contribution in [2.75, 3.05) is 0 Å². The molecule has 5 aliphatic carbocycles. The van der Waals surface area contributed by atoms with Gasteiger partial charge in [0.2, 0.25) is 0 Å². The van der Waals surface area contributed by atoms with Crippen LogP contribution in [-0.4, -0.2) is 13.9 Å². The predicted molar refractivity (Wildman–Crippen MR) is 127 cm³/mol. The van der Waals surface area contributed by atoms with Crippen molar-refractivity contribution >= 4 is 0 Å². The van der Waals surface area contributed by atoms with Crippen LogP contribution in [0.1, 0.15) is 28.8 Å². The van der Waals surface area contributed by atoms with Gasteiger partial charge in [0.1, 0.15) is 0 Å². The summed E-state index contributed by atoms with van der Waals surface area (Å²) in [5.74, 6) is 0.946. The average Bonchev–Trinajstić information content (AvgIpc) is 3.36. The molecule has 34 heavy (non-hydrogen) atoms. The Balaban J connectivity index is 1.44. The summed E-state index contributed by atoms with van der Waals surface area (Å²) < 4.78 is 4.99. The molecule has 5 saturated carbocycles. The summed E-state index contributed by atoms with van der Waals surface area (Å²) in [6.45, 7) is 0. The first-order valence-electron chi connectivity index (χ1n) is 12.2. The van der Waals surface area contributed by atoms with E-state index in [-0.39, 0.29) is 45.6 Å². The van der Waals surface area contributed by atoms with Crippen molar-refractivity contribution in [3.63, 3.8) is 0 Å². The van der Waals surface area contributed by atoms with Gasteiger partial charge in [-0.3, -0.25) is 0 Å². The molecule has 5 heteroatoms. The van der Waals surface area contributed by atoms with Crippen LogP contribution < -0.4 is 11.4 Å². The molecule has 166 valence electrons. The van der Waals surface area contributed by atoms with Crippen LogP contribution in [0.3, 0.4) is 0 Å². The van der Waals surface area contributed by atoms with E-state index in [0.29, 0.717) is 11.8 Å². The Bertz CT molecular complexity index is 1550. The van der Waals surface area contributed by atoms with Gasteiger partial charge in [-0.15, -0.1) is 0 Å². The Morgan fingerprint density at radius 2 is 0.853 bits per heavy atom. The van der Waals surface area contributed by atoms with Gasteiger partial charge in [0.05, 0.1) is 12.1 Å². The van der Waals surface area contributed by atoms with Gasteiger partial charge in [-0.2, -0.15) is 0 Å². The summed E-state index contributed by atoms with van der Waals surface area (Å²) >= 11 is 0. The molecule has 10 rings (SSSR count). The monoisotopic (exact) mass is 445 g/mol. The van der Waals surface area contributed by atoms with Gasteiger partial charge in [-0.05, 0) is 28.5 Å². The van der Waals surface area contributed by atoms with Gasteiger partial charge in [-0.25, -0.2) is 23.5 Å². The van der Waals surface area contributed by atoms with Crippen LogP contribution in [0.15, 0.2) is 101 Å². The number of hydrogen-bond acceptors (Lipinski definition) is 2. The zero-order valence-electron chi connectivity index (χ0n) is 18.7. The molecule has 1 aromatic heterocycles. The molecular formula is C29H23N3O2. The summed E-state index contributed by atoms with van der Waals surface area (Å²) in [4.78, 5) is 26.5. The van der Waals surface area contributed by atoms with Crippen molar-refractivity contribution in [1.29, 1.82) is 0 Å². The molecular weight excluding hydrogens is 422 g/mol. The SMILES string of the molecule is Cn1c(=O)n2n(c1=O)[C@H]1C3[C@H]2[C@H]2[C@H]1[C@]1(c4ccccc4)C3(c3ccccc3)[C@@]21c1ccccc1. The van der Waals surface area contributed by atoms with Crippen molar-refractivity contribution in [2.45, 2.75) is 28.3 Å². The summed E-state index contributed by atoms with van der Waals surface area (Å²) in [5, 5.41) is 0. The first kappa shape index (κ1) is 17.8. The van der Waals surface area contributed by atoms with Crippen LogP contribution in [0.2, 0.25) is 0 Å². The first-order valence-corrected chi connectivity index (χ1v) is 12.2. The number of nitrogens with zero attached hydrogens (tertiary/aromatic N) is 3. The van der Waals surface area contributed by atoms with Crippen LogP contribution in [0.25, 0.3) is 0 Å². The number of hydrogen-bond donors (Lipinski definition) is 0. The lowest BCUT2D eigenvalue weighted by Crippen LogP contribution is -2.57. The molecule has 3 aromatic carbocycles. The third-order valence-corrected chi connectivity index (χ3v) is 10.6. The minimum atomic E-state index is -0.161. The van der Waals surface area contributed by atoms with E-state index in [1.807, 2.05) is 9.36 Å². The normalized spacial score (nSPS) is 40.8. The number of fused-ring (bicyclic) bond motifs is 1. The number of rotatable bonds is 3. The van der Waals surface area contributed by atoms with Gasteiger partial charge in [0, 0.05) is 29.2 Å². The second kappa shape index (κ2) is 5.07. The van der Waals surface area contributed by atoms with Crippen molar-refractivity contribution in [3.8, 4) is 0 Å². The van der Waals surface area contributed by atoms with Crippen LogP contribution in [0, 0.1) is 17.8 Å². The van der Waals surface area contributed by atoms with Gasteiger partial charge in [-0.1, -0.05) is 91.0 Å². The largest absolute Gasteiger partial charge is 0.347 e. The fourth-order valence-electron chi connectivity index (χ4n) is 10.5. The molecule has 5 bridgehead atoms. The summed E-state index contributed by atoms with van der Waals surface area (Å²) in [7, 11) is 1.62. The predicted octanol–water partition coefficient (Wildman–Crippen LogP) is 3.16. The molecule has 2 heterocycles. The maximum atomic E-state index is 13.3. The van der Waals surface area contributed by atoms with Gasteiger partial charge < -0.3 is 0 Å². The molecule has 0 spiro atoms. The molecule has 6 atom stereocenters. The molecule has 1 aliphatic heterocycles. The number of benzene rings is 3. The van der Waals surface area contributed by atoms with Crippen LogP contribution >= 0.6 is 0 Å². The second-order valence-corrected chi connectivity index (χ2v) is 10.9. The standard InChI is InChI=1S/C29H23N3O2/c1-30-25(33)31-23-20-21-24(32(31)26(30)34)22(23)29(19-15-9-4-10-16-19)27(20,17-11-5-2-6-12-17)28(21,29)18-13-7-3-8-14-18/h2-16,20-24H,1H3/t20-,21-,22?,23-,24-,27+,28+,29?/m1/s1. The minimum Gasteiger partial charge on any atom is -0.246 e. The molecule has 0 amide bonds. The van der Waals surface area contributed by atoms with E-state index in [1.165, 1.54) is 21.3 Å². The summed E-state index contributed by atoms with van der Waals surface area (Å²) in [5.41, 5.74) is 3.56. The molecule has 5 fully saturated rings. The third-order valence-electron chi connectivity index (χ3n) is 10.6. The smallest absolute Gasteiger partial charge is 0.246 e. The fraction of sp³-hybridized carbons (Fsp3) is 0.310. The molecule has 6 aliphatic rings. The Morgan fingerprint density at radius 3 is 1.21 bits per heavy atom. The average molecular weight is 446 g/mol. The van der Waals surface area contributed by atoms with E-state index in [9.17, 15) is 9.59 Å². The van der Waals surface area contributed by atoms with Crippen LogP contribution in [0.4, 0.5) is 0 Å². The molecule has 0 unspecified atom stereocenters. The highest BCUT2D eigenvalue weighted by atomic mass is 16.2. The highest BCUT2D eigenvalue weighted by Gasteiger charge is 3.12. The van der Waals surface area contributed by atoms with E-state index in [1.54, 1.807) is 7.05 Å². The molecule has 5 nitrogen and oxygen atoms in total. The van der Waals surface area contributed by atoms with Crippen molar-refractivity contribution in [2.24, 2.45) is 24.8 Å². The van der Waals surface area contributed by atoms with E-state index in [2.05, 4.69) is 91.0 Å². The molecule has 4 aromatic rings. The topological polar surface area (TPSA) is 48.9 Å². The lowest BCUT2D eigenvalue weighted by molar-refractivity contribution is 0.0240. The van der Waals surface area contributed by atoms with E-state index >= 15 is 0 Å². The Kier molecular flexibility index (Phi) is 2.66. The maximum absolute atomic E-state index is 13.3. The zero-order valence-corrected chi connectivity index (χ0v) is 18.7. The third kappa shape index (κ3) is 1.27. The van der Waals surface area contributed by atoms with Crippen molar-refractivity contribution in [3.05, 3.63) is 129 Å². The van der Waals surface area contributed by atoms with E-state index < -0.39 is 0 Å². The zero-order chi connectivity index (χ0) is 22.6. The second-order valence-electron chi connectivity index (χ2n) is 10.9. The van der Waals surface area contributed by atoms with Crippen LogP contribution in [0.5, 0.6) is 0 Å². The Labute approximate surface area is 195 Å². The van der Waals surface area contributed by atoms with E-state index in [4.69, 9.17) is 0 Å². The quantitative estimate of drug-likeness (QED) is 0.487. The van der Waals surface area contributed by atoms with Crippen molar-refractivity contribution < 1.29 is 0 Å². The lowest BCUT2D eigenvalue weighted by Gasteiger charge is -2.53.